The summed E-state index contributed by atoms with van der Waals surface area (Å²) in [6.45, 7) is 6.49. The van der Waals surface area contributed by atoms with E-state index in [0.29, 0.717) is 26.3 Å². The second-order valence-corrected chi connectivity index (χ2v) is 6.20. The van der Waals surface area contributed by atoms with E-state index in [1.807, 2.05) is 60.4 Å². The minimum absolute atomic E-state index is 0.0987. The molecule has 0 saturated heterocycles. The number of benzene rings is 2. The quantitative estimate of drug-likeness (QED) is 0.798. The number of fused-ring (bicyclic) bond motifs is 1. The Labute approximate surface area is 149 Å². The molecule has 0 unspecified atom stereocenters. The lowest BCUT2D eigenvalue weighted by atomic mass is 9.95. The van der Waals surface area contributed by atoms with Crippen molar-refractivity contribution in [3.8, 4) is 11.5 Å². The first-order chi connectivity index (χ1) is 12.2. The number of hydrogen-bond acceptors (Lipinski definition) is 3. The minimum atomic E-state index is -0.0987. The maximum Gasteiger partial charge on any atom is 0.230 e. The van der Waals surface area contributed by atoms with Gasteiger partial charge in [-0.25, -0.2) is 0 Å². The molecule has 1 aliphatic heterocycles. The SMILES string of the molecule is CC[C@H](C(=O)N(CC)Cc1ccc2c(c1)OCCO2)c1ccccc1. The Morgan fingerprint density at radius 1 is 1.04 bits per heavy atom. The highest BCUT2D eigenvalue weighted by Crippen LogP contribution is 2.31. The Hall–Kier alpha value is -2.49. The van der Waals surface area contributed by atoms with Gasteiger partial charge in [-0.3, -0.25) is 4.79 Å². The van der Waals surface area contributed by atoms with E-state index in [2.05, 4.69) is 6.92 Å². The summed E-state index contributed by atoms with van der Waals surface area (Å²) in [5, 5.41) is 0. The Bertz CT molecular complexity index is 714. The van der Waals surface area contributed by atoms with Gasteiger partial charge in [-0.2, -0.15) is 0 Å². The molecule has 0 aliphatic carbocycles. The molecule has 1 amide bonds. The third-order valence-electron chi connectivity index (χ3n) is 4.58. The van der Waals surface area contributed by atoms with Crippen molar-refractivity contribution in [2.75, 3.05) is 19.8 Å². The molecule has 0 spiro atoms. The fourth-order valence-corrected chi connectivity index (χ4v) is 3.21. The van der Waals surface area contributed by atoms with Gasteiger partial charge in [0.05, 0.1) is 5.92 Å². The molecule has 0 bridgehead atoms. The fourth-order valence-electron chi connectivity index (χ4n) is 3.21. The molecule has 0 N–H and O–H groups in total. The van der Waals surface area contributed by atoms with Crippen molar-refractivity contribution in [1.82, 2.24) is 4.90 Å². The van der Waals surface area contributed by atoms with Crippen LogP contribution in [-0.2, 0) is 11.3 Å². The number of hydrogen-bond donors (Lipinski definition) is 0. The molecule has 2 aromatic rings. The number of rotatable bonds is 6. The fraction of sp³-hybridized carbons (Fsp3) is 0.381. The average molecular weight is 339 g/mol. The van der Waals surface area contributed by atoms with Gasteiger partial charge in [-0.15, -0.1) is 0 Å². The number of nitrogens with zero attached hydrogens (tertiary/aromatic N) is 1. The summed E-state index contributed by atoms with van der Waals surface area (Å²) in [7, 11) is 0. The molecule has 0 aromatic heterocycles. The van der Waals surface area contributed by atoms with Crippen molar-refractivity contribution in [2.24, 2.45) is 0 Å². The van der Waals surface area contributed by atoms with Gasteiger partial charge in [0, 0.05) is 13.1 Å². The largest absolute Gasteiger partial charge is 0.486 e. The normalized spacial score (nSPS) is 14.0. The molecule has 1 atom stereocenters. The second-order valence-electron chi connectivity index (χ2n) is 6.20. The van der Waals surface area contributed by atoms with E-state index in [1.165, 1.54) is 0 Å². The minimum Gasteiger partial charge on any atom is -0.486 e. The third kappa shape index (κ3) is 3.95. The molecule has 1 heterocycles. The second kappa shape index (κ2) is 8.06. The third-order valence-corrected chi connectivity index (χ3v) is 4.58. The highest BCUT2D eigenvalue weighted by molar-refractivity contribution is 5.83. The van der Waals surface area contributed by atoms with Gasteiger partial charge in [0.2, 0.25) is 5.91 Å². The summed E-state index contributed by atoms with van der Waals surface area (Å²) in [4.78, 5) is 15.0. The van der Waals surface area contributed by atoms with Gasteiger partial charge in [0.1, 0.15) is 13.2 Å². The zero-order valence-corrected chi connectivity index (χ0v) is 14.9. The smallest absolute Gasteiger partial charge is 0.230 e. The summed E-state index contributed by atoms with van der Waals surface area (Å²) >= 11 is 0. The van der Waals surface area contributed by atoms with Crippen molar-refractivity contribution >= 4 is 5.91 Å². The van der Waals surface area contributed by atoms with Crippen LogP contribution >= 0.6 is 0 Å². The zero-order chi connectivity index (χ0) is 17.6. The van der Waals surface area contributed by atoms with E-state index in [4.69, 9.17) is 9.47 Å². The molecule has 0 radical (unpaired) electrons. The molecular weight excluding hydrogens is 314 g/mol. The summed E-state index contributed by atoms with van der Waals surface area (Å²) in [5.41, 5.74) is 2.14. The van der Waals surface area contributed by atoms with Crippen molar-refractivity contribution in [1.29, 1.82) is 0 Å². The van der Waals surface area contributed by atoms with Crippen LogP contribution in [0.15, 0.2) is 48.5 Å². The summed E-state index contributed by atoms with van der Waals surface area (Å²) in [6.07, 6.45) is 0.792. The van der Waals surface area contributed by atoms with Crippen LogP contribution in [0.1, 0.15) is 37.3 Å². The highest BCUT2D eigenvalue weighted by atomic mass is 16.6. The summed E-state index contributed by atoms with van der Waals surface area (Å²) in [6, 6.07) is 15.9. The number of ether oxygens (including phenoxy) is 2. The molecule has 2 aromatic carbocycles. The van der Waals surface area contributed by atoms with Gasteiger partial charge in [0.25, 0.3) is 0 Å². The van der Waals surface area contributed by atoms with E-state index in [9.17, 15) is 4.79 Å². The van der Waals surface area contributed by atoms with Crippen LogP contribution in [-0.4, -0.2) is 30.6 Å². The number of carbonyl (C=O) groups is 1. The predicted molar refractivity (Wildman–Crippen MR) is 98.0 cm³/mol. The lowest BCUT2D eigenvalue weighted by Gasteiger charge is -2.27. The molecule has 132 valence electrons. The number of amides is 1. The van der Waals surface area contributed by atoms with Gasteiger partial charge >= 0.3 is 0 Å². The maximum atomic E-state index is 13.1. The monoisotopic (exact) mass is 339 g/mol. The molecule has 4 heteroatoms. The van der Waals surface area contributed by atoms with Crippen LogP contribution in [0.3, 0.4) is 0 Å². The molecule has 0 saturated carbocycles. The van der Waals surface area contributed by atoms with E-state index < -0.39 is 0 Å². The van der Waals surface area contributed by atoms with E-state index in [-0.39, 0.29) is 11.8 Å². The highest BCUT2D eigenvalue weighted by Gasteiger charge is 2.24. The van der Waals surface area contributed by atoms with Gasteiger partial charge in [-0.05, 0) is 36.6 Å². The Balaban J connectivity index is 1.76. The first-order valence-corrected chi connectivity index (χ1v) is 8.95. The molecule has 0 fully saturated rings. The van der Waals surface area contributed by atoms with Crippen molar-refractivity contribution in [3.63, 3.8) is 0 Å². The van der Waals surface area contributed by atoms with Crippen molar-refractivity contribution in [2.45, 2.75) is 32.7 Å². The lowest BCUT2D eigenvalue weighted by molar-refractivity contribution is -0.133. The van der Waals surface area contributed by atoms with Crippen LogP contribution < -0.4 is 9.47 Å². The molecule has 1 aliphatic rings. The molecule has 4 nitrogen and oxygen atoms in total. The zero-order valence-electron chi connectivity index (χ0n) is 14.9. The van der Waals surface area contributed by atoms with Crippen LogP contribution in [0.2, 0.25) is 0 Å². The standard InChI is InChI=1S/C21H25NO3/c1-3-18(17-8-6-5-7-9-17)21(23)22(4-2)15-16-10-11-19-20(14-16)25-13-12-24-19/h5-11,14,18H,3-4,12-13,15H2,1-2H3/t18-/m0/s1. The van der Waals surface area contributed by atoms with Gasteiger partial charge < -0.3 is 14.4 Å². The van der Waals surface area contributed by atoms with Gasteiger partial charge in [-0.1, -0.05) is 43.3 Å². The summed E-state index contributed by atoms with van der Waals surface area (Å²) in [5.74, 6) is 1.62. The van der Waals surface area contributed by atoms with Gasteiger partial charge in [0.15, 0.2) is 11.5 Å². The first-order valence-electron chi connectivity index (χ1n) is 8.95. The van der Waals surface area contributed by atoms with Crippen LogP contribution in [0.4, 0.5) is 0 Å². The molecule has 25 heavy (non-hydrogen) atoms. The predicted octanol–water partition coefficient (Wildman–Crippen LogP) is 4.00. The topological polar surface area (TPSA) is 38.8 Å². The first kappa shape index (κ1) is 17.3. The number of carbonyl (C=O) groups excluding carboxylic acids is 1. The molecule has 3 rings (SSSR count). The van der Waals surface area contributed by atoms with Crippen LogP contribution in [0.25, 0.3) is 0 Å². The van der Waals surface area contributed by atoms with E-state index in [1.54, 1.807) is 0 Å². The van der Waals surface area contributed by atoms with Crippen LogP contribution in [0, 0.1) is 0 Å². The summed E-state index contributed by atoms with van der Waals surface area (Å²) < 4.78 is 11.2. The van der Waals surface area contributed by atoms with Crippen molar-refractivity contribution < 1.29 is 14.3 Å². The molecular formula is C21H25NO3. The number of likely N-dealkylation sites (N-methyl/N-ethyl adjacent to an activating group) is 1. The Morgan fingerprint density at radius 3 is 2.44 bits per heavy atom. The lowest BCUT2D eigenvalue weighted by Crippen LogP contribution is -2.34. The Morgan fingerprint density at radius 2 is 1.76 bits per heavy atom. The maximum absolute atomic E-state index is 13.1. The van der Waals surface area contributed by atoms with E-state index >= 15 is 0 Å². The Kier molecular flexibility index (Phi) is 5.59. The van der Waals surface area contributed by atoms with E-state index in [0.717, 1.165) is 29.0 Å². The average Bonchev–Trinajstić information content (AvgIpc) is 2.67. The van der Waals surface area contributed by atoms with Crippen LogP contribution in [0.5, 0.6) is 11.5 Å². The van der Waals surface area contributed by atoms with Crippen molar-refractivity contribution in [3.05, 3.63) is 59.7 Å².